The highest BCUT2D eigenvalue weighted by atomic mass is 32.2. The average Bonchev–Trinajstić information content (AvgIpc) is 3.27. The van der Waals surface area contributed by atoms with Crippen molar-refractivity contribution in [2.45, 2.75) is 46.3 Å². The monoisotopic (exact) mass is 513 g/mol. The van der Waals surface area contributed by atoms with Gasteiger partial charge in [-0.05, 0) is 81.1 Å². The normalized spacial score (nSPS) is 10.8. The van der Waals surface area contributed by atoms with Crippen molar-refractivity contribution < 1.29 is 9.59 Å². The molecule has 190 valence electrons. The zero-order chi connectivity index (χ0) is 26.5. The van der Waals surface area contributed by atoms with Crippen molar-refractivity contribution in [3.05, 3.63) is 99.9 Å². The predicted molar refractivity (Wildman–Crippen MR) is 148 cm³/mol. The molecule has 0 atom stereocenters. The molecule has 3 aromatic carbocycles. The standard InChI is InChI=1S/C29H31N5O2S/c1-18-7-6-8-23(13-18)28(36)30-16-26-32-33-29(34(26)25-15-20(3)10-12-22(25)5)37-17-27(35)31-24-14-19(2)9-11-21(24)4/h6-15H,16-17H2,1-5H3,(H,30,36)(H,31,35). The van der Waals surface area contributed by atoms with Gasteiger partial charge in [0, 0.05) is 11.3 Å². The molecule has 0 saturated heterocycles. The van der Waals surface area contributed by atoms with Gasteiger partial charge < -0.3 is 10.6 Å². The fourth-order valence-corrected chi connectivity index (χ4v) is 4.71. The smallest absolute Gasteiger partial charge is 0.251 e. The first kappa shape index (κ1) is 26.2. The van der Waals surface area contributed by atoms with Crippen LogP contribution in [0, 0.1) is 34.6 Å². The number of amides is 2. The highest BCUT2D eigenvalue weighted by molar-refractivity contribution is 7.99. The molecular formula is C29H31N5O2S. The summed E-state index contributed by atoms with van der Waals surface area (Å²) in [6.07, 6.45) is 0. The molecule has 4 rings (SSSR count). The third-order valence-corrected chi connectivity index (χ3v) is 6.92. The molecule has 4 aromatic rings. The molecular weight excluding hydrogens is 482 g/mol. The van der Waals surface area contributed by atoms with Crippen LogP contribution in [0.5, 0.6) is 0 Å². The molecule has 0 aliphatic heterocycles. The molecule has 0 bridgehead atoms. The molecule has 0 aliphatic carbocycles. The summed E-state index contributed by atoms with van der Waals surface area (Å²) in [6.45, 7) is 10.2. The number of hydrogen-bond acceptors (Lipinski definition) is 5. The lowest BCUT2D eigenvalue weighted by Gasteiger charge is -2.14. The van der Waals surface area contributed by atoms with Gasteiger partial charge in [0.25, 0.3) is 5.91 Å². The Kier molecular flexibility index (Phi) is 8.08. The van der Waals surface area contributed by atoms with E-state index in [1.54, 1.807) is 6.07 Å². The number of aryl methyl sites for hydroxylation is 5. The molecule has 0 fully saturated rings. The van der Waals surface area contributed by atoms with E-state index < -0.39 is 0 Å². The van der Waals surface area contributed by atoms with Gasteiger partial charge in [-0.3, -0.25) is 14.2 Å². The van der Waals surface area contributed by atoms with Crippen LogP contribution in [0.25, 0.3) is 5.69 Å². The molecule has 0 radical (unpaired) electrons. The zero-order valence-corrected chi connectivity index (χ0v) is 22.6. The van der Waals surface area contributed by atoms with Crippen molar-refractivity contribution in [3.8, 4) is 5.69 Å². The highest BCUT2D eigenvalue weighted by Gasteiger charge is 2.19. The Hall–Kier alpha value is -3.91. The SMILES string of the molecule is Cc1cccc(C(=O)NCc2nnc(SCC(=O)Nc3cc(C)ccc3C)n2-c2cc(C)ccc2C)c1. The maximum Gasteiger partial charge on any atom is 0.251 e. The quantitative estimate of drug-likeness (QED) is 0.305. The molecule has 2 amide bonds. The molecule has 8 heteroatoms. The van der Waals surface area contributed by atoms with Crippen molar-refractivity contribution in [1.82, 2.24) is 20.1 Å². The summed E-state index contributed by atoms with van der Waals surface area (Å²) < 4.78 is 1.93. The molecule has 0 saturated carbocycles. The van der Waals surface area contributed by atoms with Crippen molar-refractivity contribution in [2.24, 2.45) is 0 Å². The number of thioether (sulfide) groups is 1. The van der Waals surface area contributed by atoms with Crippen LogP contribution in [0.1, 0.15) is 44.0 Å². The van der Waals surface area contributed by atoms with Gasteiger partial charge in [-0.15, -0.1) is 10.2 Å². The van der Waals surface area contributed by atoms with Crippen LogP contribution in [0.15, 0.2) is 65.8 Å². The first-order valence-corrected chi connectivity index (χ1v) is 13.1. The Morgan fingerprint density at radius 2 is 1.54 bits per heavy atom. The Morgan fingerprint density at radius 3 is 2.30 bits per heavy atom. The second kappa shape index (κ2) is 11.4. The number of carbonyl (C=O) groups is 2. The van der Waals surface area contributed by atoms with Gasteiger partial charge in [0.1, 0.15) is 0 Å². The number of nitrogens with one attached hydrogen (secondary N) is 2. The van der Waals surface area contributed by atoms with Gasteiger partial charge >= 0.3 is 0 Å². The summed E-state index contributed by atoms with van der Waals surface area (Å²) in [4.78, 5) is 25.5. The summed E-state index contributed by atoms with van der Waals surface area (Å²) in [5.41, 5.74) is 7.56. The number of aromatic nitrogens is 3. The lowest BCUT2D eigenvalue weighted by Crippen LogP contribution is -2.25. The van der Waals surface area contributed by atoms with E-state index in [0.717, 1.165) is 39.2 Å². The first-order valence-electron chi connectivity index (χ1n) is 12.1. The molecule has 0 spiro atoms. The van der Waals surface area contributed by atoms with Crippen molar-refractivity contribution in [2.75, 3.05) is 11.1 Å². The molecule has 2 N–H and O–H groups in total. The van der Waals surface area contributed by atoms with Crippen molar-refractivity contribution in [3.63, 3.8) is 0 Å². The lowest BCUT2D eigenvalue weighted by molar-refractivity contribution is -0.113. The number of rotatable bonds is 8. The topological polar surface area (TPSA) is 88.9 Å². The van der Waals surface area contributed by atoms with Crippen molar-refractivity contribution in [1.29, 1.82) is 0 Å². The molecule has 1 aromatic heterocycles. The fraction of sp³-hybridized carbons (Fsp3) is 0.241. The Morgan fingerprint density at radius 1 is 0.838 bits per heavy atom. The number of nitrogens with zero attached hydrogens (tertiary/aromatic N) is 3. The van der Waals surface area contributed by atoms with E-state index in [9.17, 15) is 9.59 Å². The van der Waals surface area contributed by atoms with E-state index in [0.29, 0.717) is 16.5 Å². The first-order chi connectivity index (χ1) is 17.7. The van der Waals surface area contributed by atoms with Gasteiger partial charge in [0.15, 0.2) is 11.0 Å². The number of hydrogen-bond donors (Lipinski definition) is 2. The summed E-state index contributed by atoms with van der Waals surface area (Å²) in [5.74, 6) is 0.462. The van der Waals surface area contributed by atoms with E-state index in [4.69, 9.17) is 0 Å². The molecule has 1 heterocycles. The molecule has 0 unspecified atom stereocenters. The van der Waals surface area contributed by atoms with Crippen LogP contribution in [0.4, 0.5) is 5.69 Å². The van der Waals surface area contributed by atoms with E-state index in [2.05, 4.69) is 26.9 Å². The average molecular weight is 514 g/mol. The third kappa shape index (κ3) is 6.46. The van der Waals surface area contributed by atoms with Crippen LogP contribution in [0.2, 0.25) is 0 Å². The van der Waals surface area contributed by atoms with E-state index in [1.807, 2.05) is 87.7 Å². The van der Waals surface area contributed by atoms with E-state index in [1.165, 1.54) is 11.8 Å². The predicted octanol–water partition coefficient (Wildman–Crippen LogP) is 5.47. The number of carbonyl (C=O) groups excluding carboxylic acids is 2. The molecule has 7 nitrogen and oxygen atoms in total. The van der Waals surface area contributed by atoms with Crippen LogP contribution in [0.3, 0.4) is 0 Å². The van der Waals surface area contributed by atoms with Crippen LogP contribution >= 0.6 is 11.8 Å². The van der Waals surface area contributed by atoms with Gasteiger partial charge in [-0.1, -0.05) is 53.7 Å². The Labute approximate surface area is 221 Å². The summed E-state index contributed by atoms with van der Waals surface area (Å²) in [6, 6.07) is 19.6. The van der Waals surface area contributed by atoms with Crippen molar-refractivity contribution >= 4 is 29.3 Å². The maximum atomic E-state index is 12.8. The van der Waals surface area contributed by atoms with Gasteiger partial charge in [0.2, 0.25) is 5.91 Å². The highest BCUT2D eigenvalue weighted by Crippen LogP contribution is 2.26. The third-order valence-electron chi connectivity index (χ3n) is 5.99. The summed E-state index contributed by atoms with van der Waals surface area (Å²) in [7, 11) is 0. The van der Waals surface area contributed by atoms with E-state index in [-0.39, 0.29) is 24.1 Å². The minimum absolute atomic E-state index is 0.122. The molecule has 37 heavy (non-hydrogen) atoms. The minimum Gasteiger partial charge on any atom is -0.345 e. The van der Waals surface area contributed by atoms with Crippen LogP contribution in [-0.4, -0.2) is 32.3 Å². The zero-order valence-electron chi connectivity index (χ0n) is 21.8. The van der Waals surface area contributed by atoms with Crippen LogP contribution in [-0.2, 0) is 11.3 Å². The summed E-state index contributed by atoms with van der Waals surface area (Å²) >= 11 is 1.31. The van der Waals surface area contributed by atoms with Crippen LogP contribution < -0.4 is 10.6 Å². The summed E-state index contributed by atoms with van der Waals surface area (Å²) in [5, 5.41) is 15.3. The largest absolute Gasteiger partial charge is 0.345 e. The lowest BCUT2D eigenvalue weighted by atomic mass is 10.1. The number of benzene rings is 3. The Bertz CT molecular complexity index is 1460. The van der Waals surface area contributed by atoms with Gasteiger partial charge in [-0.25, -0.2) is 0 Å². The minimum atomic E-state index is -0.179. The van der Waals surface area contributed by atoms with E-state index >= 15 is 0 Å². The molecule has 0 aliphatic rings. The van der Waals surface area contributed by atoms with Gasteiger partial charge in [-0.2, -0.15) is 0 Å². The van der Waals surface area contributed by atoms with Gasteiger partial charge in [0.05, 0.1) is 18.0 Å². The second-order valence-corrected chi connectivity index (χ2v) is 10.2. The Balaban J connectivity index is 1.55. The fourth-order valence-electron chi connectivity index (χ4n) is 3.95. The number of anilines is 1. The maximum absolute atomic E-state index is 12.8. The second-order valence-electron chi connectivity index (χ2n) is 9.23.